The Morgan fingerprint density at radius 2 is 1.78 bits per heavy atom. The topological polar surface area (TPSA) is 40.6 Å². The van der Waals surface area contributed by atoms with Crippen LogP contribution in [0.1, 0.15) is 27.7 Å². The molecule has 98 valence electrons. The molecule has 0 aliphatic carbocycles. The summed E-state index contributed by atoms with van der Waals surface area (Å²) in [6.07, 6.45) is 1.62. The summed E-state index contributed by atoms with van der Waals surface area (Å²) >= 11 is 6.00. The molecule has 0 unspecified atom stereocenters. The molecule has 0 radical (unpaired) electrons. The van der Waals surface area contributed by atoms with E-state index in [1.165, 1.54) is 0 Å². The first-order chi connectivity index (χ1) is 8.28. The lowest BCUT2D eigenvalue weighted by Crippen LogP contribution is -2.41. The minimum Gasteiger partial charge on any atom is -0.494 e. The quantitative estimate of drug-likeness (QED) is 0.608. The third kappa shape index (κ3) is 2.11. The largest absolute Gasteiger partial charge is 0.498 e. The summed E-state index contributed by atoms with van der Waals surface area (Å²) in [4.78, 5) is 3.98. The number of methoxy groups -OCH3 is 1. The summed E-state index contributed by atoms with van der Waals surface area (Å²) in [5, 5.41) is 0.310. The molecule has 6 heteroatoms. The Morgan fingerprint density at radius 3 is 2.28 bits per heavy atom. The highest BCUT2D eigenvalue weighted by atomic mass is 35.5. The number of aromatic nitrogens is 1. The lowest BCUT2D eigenvalue weighted by Gasteiger charge is -2.32. The van der Waals surface area contributed by atoms with Gasteiger partial charge in [0.05, 0.1) is 18.3 Å². The fourth-order valence-electron chi connectivity index (χ4n) is 1.79. The SMILES string of the molecule is COc1c(B2OC(C)(C)C(C)(C)O2)ccnc1Cl. The molecule has 2 heterocycles. The van der Waals surface area contributed by atoms with Gasteiger partial charge in [0.2, 0.25) is 0 Å². The van der Waals surface area contributed by atoms with Gasteiger partial charge in [0.1, 0.15) is 0 Å². The predicted octanol–water partition coefficient (Wildman–Crippen LogP) is 2.04. The monoisotopic (exact) mass is 269 g/mol. The van der Waals surface area contributed by atoms with E-state index in [-0.39, 0.29) is 0 Å². The number of halogens is 1. The summed E-state index contributed by atoms with van der Waals surface area (Å²) in [6.45, 7) is 8.01. The first-order valence-corrected chi connectivity index (χ1v) is 6.20. The molecule has 4 nitrogen and oxygen atoms in total. The van der Waals surface area contributed by atoms with Gasteiger partial charge in [-0.15, -0.1) is 0 Å². The van der Waals surface area contributed by atoms with Crippen LogP contribution in [0.25, 0.3) is 0 Å². The number of hydrogen-bond donors (Lipinski definition) is 0. The average molecular weight is 270 g/mol. The molecule has 1 saturated heterocycles. The minimum absolute atomic E-state index is 0.310. The molecule has 1 aromatic heterocycles. The Labute approximate surface area is 113 Å². The molecule has 0 bridgehead atoms. The van der Waals surface area contributed by atoms with Crippen molar-refractivity contribution < 1.29 is 14.0 Å². The van der Waals surface area contributed by atoms with Gasteiger partial charge in [-0.3, -0.25) is 0 Å². The highest BCUT2D eigenvalue weighted by molar-refractivity contribution is 6.63. The molecule has 2 rings (SSSR count). The van der Waals surface area contributed by atoms with Crippen LogP contribution in [0.15, 0.2) is 12.3 Å². The molecule has 0 aromatic carbocycles. The molecule has 0 atom stereocenters. The maximum Gasteiger partial charge on any atom is 0.498 e. The van der Waals surface area contributed by atoms with Crippen molar-refractivity contribution >= 4 is 24.2 Å². The predicted molar refractivity (Wildman–Crippen MR) is 71.5 cm³/mol. The van der Waals surface area contributed by atoms with E-state index in [1.54, 1.807) is 19.4 Å². The third-order valence-electron chi connectivity index (χ3n) is 3.60. The van der Waals surface area contributed by atoms with Crippen LogP contribution in [0.5, 0.6) is 5.75 Å². The smallest absolute Gasteiger partial charge is 0.494 e. The number of hydrogen-bond acceptors (Lipinski definition) is 4. The third-order valence-corrected chi connectivity index (χ3v) is 3.87. The highest BCUT2D eigenvalue weighted by Crippen LogP contribution is 2.37. The van der Waals surface area contributed by atoms with E-state index in [9.17, 15) is 0 Å². The van der Waals surface area contributed by atoms with Crippen LogP contribution >= 0.6 is 11.6 Å². The molecule has 0 N–H and O–H groups in total. The molecular formula is C12H17BClNO3. The molecular weight excluding hydrogens is 252 g/mol. The van der Waals surface area contributed by atoms with Crippen molar-refractivity contribution in [3.8, 4) is 5.75 Å². The summed E-state index contributed by atoms with van der Waals surface area (Å²) in [5.74, 6) is 0.498. The van der Waals surface area contributed by atoms with Gasteiger partial charge < -0.3 is 14.0 Å². The lowest BCUT2D eigenvalue weighted by atomic mass is 9.79. The Hall–Kier alpha value is -0.775. The fourth-order valence-corrected chi connectivity index (χ4v) is 2.04. The van der Waals surface area contributed by atoms with Gasteiger partial charge in [-0.05, 0) is 33.8 Å². The van der Waals surface area contributed by atoms with Crippen molar-refractivity contribution in [2.24, 2.45) is 0 Å². The molecule has 1 aliphatic heterocycles. The second-order valence-electron chi connectivity index (χ2n) is 5.31. The highest BCUT2D eigenvalue weighted by Gasteiger charge is 2.52. The minimum atomic E-state index is -0.495. The summed E-state index contributed by atoms with van der Waals surface area (Å²) in [7, 11) is 1.06. The van der Waals surface area contributed by atoms with Crippen molar-refractivity contribution in [2.75, 3.05) is 7.11 Å². The Balaban J connectivity index is 2.38. The van der Waals surface area contributed by atoms with Gasteiger partial charge in [0, 0.05) is 11.7 Å². The van der Waals surface area contributed by atoms with E-state index in [1.807, 2.05) is 27.7 Å². The average Bonchev–Trinajstić information content (AvgIpc) is 2.47. The van der Waals surface area contributed by atoms with Gasteiger partial charge in [-0.2, -0.15) is 0 Å². The van der Waals surface area contributed by atoms with E-state index in [2.05, 4.69) is 4.98 Å². The van der Waals surface area contributed by atoms with Gasteiger partial charge in [-0.1, -0.05) is 11.6 Å². The molecule has 0 saturated carbocycles. The summed E-state index contributed by atoms with van der Waals surface area (Å²) in [5.41, 5.74) is -0.0206. The maximum absolute atomic E-state index is 6.00. The summed E-state index contributed by atoms with van der Waals surface area (Å²) in [6, 6.07) is 1.80. The van der Waals surface area contributed by atoms with E-state index in [0.29, 0.717) is 10.9 Å². The second-order valence-corrected chi connectivity index (χ2v) is 5.67. The number of ether oxygens (including phenoxy) is 1. The van der Waals surface area contributed by atoms with E-state index in [4.69, 9.17) is 25.6 Å². The second kappa shape index (κ2) is 4.40. The normalized spacial score (nSPS) is 21.1. The van der Waals surface area contributed by atoms with E-state index >= 15 is 0 Å². The van der Waals surface area contributed by atoms with Crippen LogP contribution in [0.4, 0.5) is 0 Å². The fraction of sp³-hybridized carbons (Fsp3) is 0.583. The molecule has 1 fully saturated rings. The van der Waals surface area contributed by atoms with Crippen LogP contribution in [0.3, 0.4) is 0 Å². The molecule has 0 spiro atoms. The first-order valence-electron chi connectivity index (χ1n) is 5.82. The van der Waals surface area contributed by atoms with Gasteiger partial charge in [-0.25, -0.2) is 4.98 Å². The van der Waals surface area contributed by atoms with Crippen molar-refractivity contribution in [1.82, 2.24) is 4.98 Å². The van der Waals surface area contributed by atoms with Crippen molar-refractivity contribution in [1.29, 1.82) is 0 Å². The first kappa shape index (κ1) is 13.7. The van der Waals surface area contributed by atoms with Crippen LogP contribution in [-0.2, 0) is 9.31 Å². The maximum atomic E-state index is 6.00. The van der Waals surface area contributed by atoms with E-state index in [0.717, 1.165) is 5.46 Å². The molecule has 1 aliphatic rings. The Morgan fingerprint density at radius 1 is 1.22 bits per heavy atom. The number of rotatable bonds is 2. The van der Waals surface area contributed by atoms with Crippen molar-refractivity contribution in [3.63, 3.8) is 0 Å². The molecule has 1 aromatic rings. The van der Waals surface area contributed by atoms with Crippen LogP contribution < -0.4 is 10.2 Å². The zero-order valence-corrected chi connectivity index (χ0v) is 12.0. The standard InChI is InChI=1S/C12H17BClNO3/c1-11(2)12(3,4)18-13(17-11)8-6-7-15-10(14)9(8)16-5/h6-7H,1-5H3. The zero-order valence-electron chi connectivity index (χ0n) is 11.3. The zero-order chi connectivity index (χ0) is 13.6. The molecule has 18 heavy (non-hydrogen) atoms. The number of pyridine rings is 1. The number of nitrogens with zero attached hydrogens (tertiary/aromatic N) is 1. The van der Waals surface area contributed by atoms with Gasteiger partial charge in [0.15, 0.2) is 10.9 Å². The van der Waals surface area contributed by atoms with Crippen molar-refractivity contribution in [3.05, 3.63) is 17.4 Å². The van der Waals surface area contributed by atoms with Crippen molar-refractivity contribution in [2.45, 2.75) is 38.9 Å². The Bertz CT molecular complexity index is 449. The lowest BCUT2D eigenvalue weighted by molar-refractivity contribution is 0.00578. The van der Waals surface area contributed by atoms with E-state index < -0.39 is 18.3 Å². The van der Waals surface area contributed by atoms with Gasteiger partial charge in [0.25, 0.3) is 0 Å². The summed E-state index contributed by atoms with van der Waals surface area (Å²) < 4.78 is 17.2. The van der Waals surface area contributed by atoms with Gasteiger partial charge >= 0.3 is 7.12 Å². The van der Waals surface area contributed by atoms with Crippen LogP contribution in [0, 0.1) is 0 Å². The molecule has 0 amide bonds. The van der Waals surface area contributed by atoms with Crippen LogP contribution in [0.2, 0.25) is 5.15 Å². The Kier molecular flexibility index (Phi) is 3.34. The van der Waals surface area contributed by atoms with Crippen LogP contribution in [-0.4, -0.2) is 30.4 Å².